The number of carbonyl (C=O) groups is 3. The summed E-state index contributed by atoms with van der Waals surface area (Å²) in [6, 6.07) is 14.3. The van der Waals surface area contributed by atoms with Gasteiger partial charge in [-0.25, -0.2) is 4.79 Å². The van der Waals surface area contributed by atoms with Gasteiger partial charge in [0.05, 0.1) is 49.9 Å². The predicted octanol–water partition coefficient (Wildman–Crippen LogP) is 5.06. The standard InChI is InChI=1S/C31H33N5O6S2/c1-4-42-30(39)27-20-12-6-10-16-24(20)44-29(27)33-26(37)18-43-31-35-34-25(36(31)21-13-7-9-15-23(21)41-3)17-32-28(38)19-11-5-8-14-22(19)40-2/h5,7-9,11,13-15H,4,6,10,12,16-18H2,1-3H3,(H,32,38)(H,33,37). The molecule has 0 atom stereocenters. The lowest BCUT2D eigenvalue weighted by atomic mass is 9.95. The second kappa shape index (κ2) is 14.4. The van der Waals surface area contributed by atoms with Crippen molar-refractivity contribution < 1.29 is 28.6 Å². The van der Waals surface area contributed by atoms with Gasteiger partial charge in [0.1, 0.15) is 16.5 Å². The molecule has 1 aliphatic carbocycles. The number of ether oxygens (including phenoxy) is 3. The average molecular weight is 636 g/mol. The van der Waals surface area contributed by atoms with Gasteiger partial charge in [-0.1, -0.05) is 36.0 Å². The fourth-order valence-corrected chi connectivity index (χ4v) is 7.07. The number of nitrogens with zero attached hydrogens (tertiary/aromatic N) is 3. The number of hydrogen-bond donors (Lipinski definition) is 2. The molecule has 0 aliphatic heterocycles. The molecule has 5 rings (SSSR count). The van der Waals surface area contributed by atoms with Gasteiger partial charge in [-0.2, -0.15) is 0 Å². The fourth-order valence-electron chi connectivity index (χ4n) is 5.02. The van der Waals surface area contributed by atoms with E-state index in [0.29, 0.717) is 44.3 Å². The van der Waals surface area contributed by atoms with E-state index in [1.165, 1.54) is 30.2 Å². The Morgan fingerprint density at radius 3 is 2.48 bits per heavy atom. The number of aryl methyl sites for hydroxylation is 1. The molecular formula is C31H33N5O6S2. The van der Waals surface area contributed by atoms with Gasteiger partial charge in [-0.15, -0.1) is 21.5 Å². The highest BCUT2D eigenvalue weighted by atomic mass is 32.2. The van der Waals surface area contributed by atoms with Gasteiger partial charge in [0.2, 0.25) is 5.91 Å². The topological polar surface area (TPSA) is 134 Å². The first-order valence-electron chi connectivity index (χ1n) is 14.2. The number of aromatic nitrogens is 3. The van der Waals surface area contributed by atoms with Crippen molar-refractivity contribution in [3.63, 3.8) is 0 Å². The number of nitrogens with one attached hydrogen (secondary N) is 2. The van der Waals surface area contributed by atoms with Crippen LogP contribution < -0.4 is 20.1 Å². The number of methoxy groups -OCH3 is 2. The highest BCUT2D eigenvalue weighted by Crippen LogP contribution is 2.39. The molecule has 4 aromatic rings. The number of thioether (sulfide) groups is 1. The van der Waals surface area contributed by atoms with Crippen LogP contribution in [-0.4, -0.2) is 59.1 Å². The molecule has 2 heterocycles. The number of rotatable bonds is 12. The molecule has 0 unspecified atom stereocenters. The maximum absolute atomic E-state index is 13.2. The third kappa shape index (κ3) is 6.73. The first-order valence-corrected chi connectivity index (χ1v) is 16.0. The zero-order valence-electron chi connectivity index (χ0n) is 24.7. The van der Waals surface area contributed by atoms with Gasteiger partial charge in [0.25, 0.3) is 5.91 Å². The molecule has 44 heavy (non-hydrogen) atoms. The fraction of sp³-hybridized carbons (Fsp3) is 0.323. The Morgan fingerprint density at radius 1 is 0.977 bits per heavy atom. The number of anilines is 1. The lowest BCUT2D eigenvalue weighted by Crippen LogP contribution is -2.25. The Kier molecular flexibility index (Phi) is 10.2. The van der Waals surface area contributed by atoms with E-state index >= 15 is 0 Å². The van der Waals surface area contributed by atoms with Crippen molar-refractivity contribution in [3.05, 3.63) is 75.9 Å². The number of benzene rings is 2. The molecule has 0 saturated heterocycles. The van der Waals surface area contributed by atoms with Crippen molar-refractivity contribution in [1.29, 1.82) is 0 Å². The predicted molar refractivity (Wildman–Crippen MR) is 168 cm³/mol. The Bertz CT molecular complexity index is 1670. The lowest BCUT2D eigenvalue weighted by molar-refractivity contribution is -0.113. The molecule has 11 nitrogen and oxygen atoms in total. The molecule has 0 bridgehead atoms. The van der Waals surface area contributed by atoms with Crippen LogP contribution in [-0.2, 0) is 28.9 Å². The summed E-state index contributed by atoms with van der Waals surface area (Å²) in [6.45, 7) is 2.08. The van der Waals surface area contributed by atoms with Gasteiger partial charge < -0.3 is 24.8 Å². The number of para-hydroxylation sites is 3. The molecule has 0 saturated carbocycles. The number of fused-ring (bicyclic) bond motifs is 1. The van der Waals surface area contributed by atoms with E-state index in [0.717, 1.165) is 36.1 Å². The maximum Gasteiger partial charge on any atom is 0.341 e. The van der Waals surface area contributed by atoms with E-state index in [2.05, 4.69) is 20.8 Å². The first kappa shape index (κ1) is 31.1. The van der Waals surface area contributed by atoms with E-state index in [4.69, 9.17) is 14.2 Å². The van der Waals surface area contributed by atoms with Crippen LogP contribution in [0.2, 0.25) is 0 Å². The third-order valence-corrected chi connectivity index (χ3v) is 9.16. The average Bonchev–Trinajstić information content (AvgIpc) is 3.63. The third-order valence-electron chi connectivity index (χ3n) is 7.02. The van der Waals surface area contributed by atoms with Crippen molar-refractivity contribution in [2.45, 2.75) is 44.3 Å². The van der Waals surface area contributed by atoms with E-state index < -0.39 is 5.97 Å². The first-order chi connectivity index (χ1) is 21.4. The second-order valence-electron chi connectivity index (χ2n) is 9.76. The summed E-state index contributed by atoms with van der Waals surface area (Å²) in [5.74, 6) is 0.435. The number of esters is 1. The molecule has 2 aromatic carbocycles. The summed E-state index contributed by atoms with van der Waals surface area (Å²) in [4.78, 5) is 40.1. The van der Waals surface area contributed by atoms with Crippen LogP contribution in [0, 0.1) is 0 Å². The van der Waals surface area contributed by atoms with Gasteiger partial charge in [-0.05, 0) is 62.4 Å². The molecule has 2 amide bonds. The van der Waals surface area contributed by atoms with E-state index in [-0.39, 0.29) is 30.7 Å². The summed E-state index contributed by atoms with van der Waals surface area (Å²) in [5, 5.41) is 15.5. The van der Waals surface area contributed by atoms with Crippen LogP contribution in [0.25, 0.3) is 5.69 Å². The molecule has 2 aromatic heterocycles. The summed E-state index contributed by atoms with van der Waals surface area (Å²) < 4.78 is 18.0. The molecular weight excluding hydrogens is 603 g/mol. The maximum atomic E-state index is 13.2. The molecule has 2 N–H and O–H groups in total. The Labute approximate surface area is 263 Å². The van der Waals surface area contributed by atoms with Crippen molar-refractivity contribution in [2.75, 3.05) is 31.9 Å². The van der Waals surface area contributed by atoms with Crippen LogP contribution in [0.3, 0.4) is 0 Å². The second-order valence-corrected chi connectivity index (χ2v) is 11.8. The Morgan fingerprint density at radius 2 is 1.70 bits per heavy atom. The minimum absolute atomic E-state index is 0.00564. The SMILES string of the molecule is CCOC(=O)c1c(NC(=O)CSc2nnc(CNC(=O)c3ccccc3OC)n2-c2ccccc2OC)sc2c1CCCC2. The highest BCUT2D eigenvalue weighted by molar-refractivity contribution is 7.99. The van der Waals surface area contributed by atoms with Gasteiger partial charge in [0.15, 0.2) is 11.0 Å². The van der Waals surface area contributed by atoms with Gasteiger partial charge in [0, 0.05) is 4.88 Å². The normalized spacial score (nSPS) is 12.2. The number of thiophene rings is 1. The summed E-state index contributed by atoms with van der Waals surface area (Å²) in [7, 11) is 3.07. The Hall–Kier alpha value is -4.36. The van der Waals surface area contributed by atoms with Crippen LogP contribution in [0.5, 0.6) is 11.5 Å². The van der Waals surface area contributed by atoms with Crippen molar-refractivity contribution in [1.82, 2.24) is 20.1 Å². The lowest BCUT2D eigenvalue weighted by Gasteiger charge is -2.14. The summed E-state index contributed by atoms with van der Waals surface area (Å²) in [5.41, 5.74) is 2.50. The zero-order chi connectivity index (χ0) is 31.1. The quantitative estimate of drug-likeness (QED) is 0.162. The van der Waals surface area contributed by atoms with Gasteiger partial charge >= 0.3 is 5.97 Å². The molecule has 0 fully saturated rings. The number of hydrogen-bond acceptors (Lipinski definition) is 10. The molecule has 13 heteroatoms. The van der Waals surface area contributed by atoms with Crippen LogP contribution >= 0.6 is 23.1 Å². The van der Waals surface area contributed by atoms with Crippen molar-refractivity contribution >= 4 is 45.9 Å². The van der Waals surface area contributed by atoms with E-state index in [9.17, 15) is 14.4 Å². The van der Waals surface area contributed by atoms with Gasteiger partial charge in [-0.3, -0.25) is 14.2 Å². The zero-order valence-corrected chi connectivity index (χ0v) is 26.3. The largest absolute Gasteiger partial charge is 0.496 e. The van der Waals surface area contributed by atoms with Crippen molar-refractivity contribution in [2.24, 2.45) is 0 Å². The minimum atomic E-state index is -0.411. The van der Waals surface area contributed by atoms with Crippen LogP contribution in [0.4, 0.5) is 5.00 Å². The minimum Gasteiger partial charge on any atom is -0.496 e. The van der Waals surface area contributed by atoms with E-state index in [1.54, 1.807) is 42.9 Å². The Balaban J connectivity index is 1.36. The number of amides is 2. The molecule has 1 aliphatic rings. The molecule has 230 valence electrons. The van der Waals surface area contributed by atoms with Crippen LogP contribution in [0.15, 0.2) is 53.7 Å². The molecule has 0 radical (unpaired) electrons. The summed E-state index contributed by atoms with van der Waals surface area (Å²) in [6.07, 6.45) is 3.73. The molecule has 0 spiro atoms. The monoisotopic (exact) mass is 635 g/mol. The summed E-state index contributed by atoms with van der Waals surface area (Å²) >= 11 is 2.63. The van der Waals surface area contributed by atoms with E-state index in [1.807, 2.05) is 24.3 Å². The smallest absolute Gasteiger partial charge is 0.341 e. The van der Waals surface area contributed by atoms with Crippen molar-refractivity contribution in [3.8, 4) is 17.2 Å². The highest BCUT2D eigenvalue weighted by Gasteiger charge is 2.28. The number of carbonyl (C=O) groups excluding carboxylic acids is 3. The van der Waals surface area contributed by atoms with Crippen LogP contribution in [0.1, 0.15) is 56.7 Å².